The van der Waals surface area contributed by atoms with E-state index in [4.69, 9.17) is 0 Å². The van der Waals surface area contributed by atoms with Gasteiger partial charge in [0.25, 0.3) is 0 Å². The fourth-order valence-electron chi connectivity index (χ4n) is 1.87. The largest absolute Gasteiger partial charge is 0.382 e. The minimum Gasteiger partial charge on any atom is -0.382 e. The van der Waals surface area contributed by atoms with Crippen molar-refractivity contribution in [3.63, 3.8) is 0 Å². The number of halogens is 1. The average Bonchev–Trinajstić information content (AvgIpc) is 2.17. The number of hydrogen-bond acceptors (Lipinski definition) is 1. The van der Waals surface area contributed by atoms with Gasteiger partial charge < -0.3 is 5.32 Å². The molecule has 0 aromatic carbocycles. The van der Waals surface area contributed by atoms with Crippen molar-refractivity contribution in [2.24, 2.45) is 5.92 Å². The third-order valence-electron chi connectivity index (χ3n) is 2.60. The molecular formula is C12H20IN. The Bertz CT molecular complexity index is 214. The lowest BCUT2D eigenvalue weighted by molar-refractivity contribution is 0.490. The van der Waals surface area contributed by atoms with E-state index in [1.165, 1.54) is 29.4 Å². The molecule has 0 saturated carbocycles. The monoisotopic (exact) mass is 305 g/mol. The molecule has 14 heavy (non-hydrogen) atoms. The summed E-state index contributed by atoms with van der Waals surface area (Å²) in [6.45, 7) is 4.47. The van der Waals surface area contributed by atoms with Gasteiger partial charge in [0, 0.05) is 16.2 Å². The summed E-state index contributed by atoms with van der Waals surface area (Å²) in [4.78, 5) is 0. The first-order chi connectivity index (χ1) is 6.77. The number of alkyl halides is 1. The lowest BCUT2D eigenvalue weighted by Gasteiger charge is -2.25. The molecule has 0 spiro atoms. The first-order valence-corrected chi connectivity index (χ1v) is 7.01. The van der Waals surface area contributed by atoms with E-state index in [-0.39, 0.29) is 0 Å². The van der Waals surface area contributed by atoms with Crippen LogP contribution in [0.25, 0.3) is 0 Å². The van der Waals surface area contributed by atoms with Crippen molar-refractivity contribution in [3.05, 3.63) is 23.9 Å². The second kappa shape index (κ2) is 6.49. The predicted molar refractivity (Wildman–Crippen MR) is 71.7 cm³/mol. The Hall–Kier alpha value is 0.01000. The van der Waals surface area contributed by atoms with Gasteiger partial charge in [-0.25, -0.2) is 0 Å². The number of rotatable bonds is 5. The first-order valence-electron chi connectivity index (χ1n) is 5.48. The summed E-state index contributed by atoms with van der Waals surface area (Å²) in [5.74, 6) is 0.740. The molecule has 0 aromatic heterocycles. The van der Waals surface area contributed by atoms with Crippen molar-refractivity contribution in [2.45, 2.75) is 39.2 Å². The summed E-state index contributed by atoms with van der Waals surface area (Å²) >= 11 is 2.47. The smallest absolute Gasteiger partial charge is 0.0416 e. The summed E-state index contributed by atoms with van der Waals surface area (Å²) in [7, 11) is 0. The van der Waals surface area contributed by atoms with E-state index in [0.29, 0.717) is 6.04 Å². The third kappa shape index (κ3) is 3.64. The molecule has 1 aliphatic rings. The molecule has 1 N–H and O–H groups in total. The van der Waals surface area contributed by atoms with Gasteiger partial charge in [-0.2, -0.15) is 0 Å². The second-order valence-corrected chi connectivity index (χ2v) is 4.98. The molecular weight excluding hydrogens is 285 g/mol. The van der Waals surface area contributed by atoms with E-state index in [0.717, 1.165) is 5.92 Å². The lowest BCUT2D eigenvalue weighted by atomic mass is 9.94. The quantitative estimate of drug-likeness (QED) is 0.604. The molecule has 80 valence electrons. The number of hydrogen-bond donors (Lipinski definition) is 1. The molecule has 0 saturated heterocycles. The number of dihydropyridines is 1. The topological polar surface area (TPSA) is 12.0 Å². The van der Waals surface area contributed by atoms with Gasteiger partial charge in [0.05, 0.1) is 0 Å². The summed E-state index contributed by atoms with van der Waals surface area (Å²) in [6, 6.07) is 0.503. The molecule has 1 rings (SSSR count). The number of allylic oxidation sites excluding steroid dienone is 3. The second-order valence-electron chi connectivity index (χ2n) is 3.90. The van der Waals surface area contributed by atoms with Crippen LogP contribution in [0.3, 0.4) is 0 Å². The van der Waals surface area contributed by atoms with Gasteiger partial charge in [-0.05, 0) is 31.8 Å². The van der Waals surface area contributed by atoms with Crippen molar-refractivity contribution < 1.29 is 0 Å². The molecule has 1 aliphatic heterocycles. The van der Waals surface area contributed by atoms with E-state index in [2.05, 4.69) is 60.0 Å². The Balaban J connectivity index is 2.58. The standard InChI is InChI=1S/C12H20IN/c1-3-5-11(8-9-13)12-7-4-6-10(2)14-12/h4,6-7,10-11,14H,3,5,8-9H2,1-2H3. The van der Waals surface area contributed by atoms with E-state index in [9.17, 15) is 0 Å². The Labute approximate surface area is 101 Å². The summed E-state index contributed by atoms with van der Waals surface area (Å²) in [5, 5.41) is 3.56. The number of nitrogens with one attached hydrogen (secondary N) is 1. The molecule has 1 nitrogen and oxygen atoms in total. The van der Waals surface area contributed by atoms with Gasteiger partial charge in [-0.3, -0.25) is 0 Å². The summed E-state index contributed by atoms with van der Waals surface area (Å²) in [6.07, 6.45) is 10.5. The Morgan fingerprint density at radius 3 is 2.86 bits per heavy atom. The van der Waals surface area contributed by atoms with Gasteiger partial charge in [0.2, 0.25) is 0 Å². The molecule has 0 amide bonds. The van der Waals surface area contributed by atoms with Gasteiger partial charge in [-0.15, -0.1) is 0 Å². The molecule has 2 heteroatoms. The Morgan fingerprint density at radius 1 is 1.50 bits per heavy atom. The third-order valence-corrected chi connectivity index (χ3v) is 3.23. The van der Waals surface area contributed by atoms with Crippen LogP contribution in [0.2, 0.25) is 0 Å². The Morgan fingerprint density at radius 2 is 2.29 bits per heavy atom. The van der Waals surface area contributed by atoms with E-state index < -0.39 is 0 Å². The summed E-state index contributed by atoms with van der Waals surface area (Å²) in [5.41, 5.74) is 1.44. The van der Waals surface area contributed by atoms with Crippen LogP contribution in [0.4, 0.5) is 0 Å². The van der Waals surface area contributed by atoms with E-state index >= 15 is 0 Å². The van der Waals surface area contributed by atoms with Crippen LogP contribution >= 0.6 is 22.6 Å². The molecule has 0 fully saturated rings. The van der Waals surface area contributed by atoms with Crippen LogP contribution in [-0.2, 0) is 0 Å². The van der Waals surface area contributed by atoms with E-state index in [1.54, 1.807) is 0 Å². The van der Waals surface area contributed by atoms with Crippen molar-refractivity contribution in [2.75, 3.05) is 4.43 Å². The molecule has 2 atom stereocenters. The zero-order chi connectivity index (χ0) is 10.4. The molecule has 0 aliphatic carbocycles. The average molecular weight is 305 g/mol. The molecule has 2 unspecified atom stereocenters. The molecule has 0 bridgehead atoms. The van der Waals surface area contributed by atoms with Crippen molar-refractivity contribution in [1.29, 1.82) is 0 Å². The predicted octanol–water partition coefficient (Wildman–Crippen LogP) is 3.66. The molecule has 0 radical (unpaired) electrons. The zero-order valence-electron chi connectivity index (χ0n) is 9.09. The maximum atomic E-state index is 3.56. The van der Waals surface area contributed by atoms with Crippen LogP contribution in [0.5, 0.6) is 0 Å². The van der Waals surface area contributed by atoms with Crippen LogP contribution < -0.4 is 5.32 Å². The van der Waals surface area contributed by atoms with E-state index in [1.807, 2.05) is 0 Å². The highest BCUT2D eigenvalue weighted by molar-refractivity contribution is 14.1. The van der Waals surface area contributed by atoms with Crippen molar-refractivity contribution >= 4 is 22.6 Å². The van der Waals surface area contributed by atoms with Crippen molar-refractivity contribution in [3.8, 4) is 0 Å². The highest BCUT2D eigenvalue weighted by Gasteiger charge is 2.15. The SMILES string of the molecule is CCCC(CCI)C1=CC=CC(C)N1. The van der Waals surface area contributed by atoms with Gasteiger partial charge in [0.15, 0.2) is 0 Å². The molecule has 0 aromatic rings. The highest BCUT2D eigenvalue weighted by atomic mass is 127. The van der Waals surface area contributed by atoms with Gasteiger partial charge >= 0.3 is 0 Å². The minimum absolute atomic E-state index is 0.503. The maximum Gasteiger partial charge on any atom is 0.0416 e. The maximum absolute atomic E-state index is 3.56. The molecule has 1 heterocycles. The van der Waals surface area contributed by atoms with Crippen LogP contribution in [0.1, 0.15) is 33.1 Å². The van der Waals surface area contributed by atoms with Crippen LogP contribution in [-0.4, -0.2) is 10.5 Å². The van der Waals surface area contributed by atoms with Crippen LogP contribution in [0, 0.1) is 5.92 Å². The van der Waals surface area contributed by atoms with Crippen molar-refractivity contribution in [1.82, 2.24) is 5.32 Å². The zero-order valence-corrected chi connectivity index (χ0v) is 11.3. The van der Waals surface area contributed by atoms with Crippen LogP contribution in [0.15, 0.2) is 23.9 Å². The lowest BCUT2D eigenvalue weighted by Crippen LogP contribution is -2.29. The normalized spacial score (nSPS) is 22.8. The minimum atomic E-state index is 0.503. The van der Waals surface area contributed by atoms with Gasteiger partial charge in [-0.1, -0.05) is 48.1 Å². The van der Waals surface area contributed by atoms with Gasteiger partial charge in [0.1, 0.15) is 0 Å². The fraction of sp³-hybridized carbons (Fsp3) is 0.667. The summed E-state index contributed by atoms with van der Waals surface area (Å²) < 4.78 is 1.25. The Kier molecular flexibility index (Phi) is 5.60. The fourth-order valence-corrected chi connectivity index (χ4v) is 2.63. The highest BCUT2D eigenvalue weighted by Crippen LogP contribution is 2.22. The first kappa shape index (κ1) is 12.1.